The van der Waals surface area contributed by atoms with Crippen molar-refractivity contribution in [2.45, 2.75) is 24.4 Å². The molecule has 0 atom stereocenters. The zero-order valence-corrected chi connectivity index (χ0v) is 12.0. The average molecular weight is 297 g/mol. The number of nitrogens with one attached hydrogen (secondary N) is 2. The fourth-order valence-corrected chi connectivity index (χ4v) is 2.56. The molecule has 1 fully saturated rings. The number of carbonyl (C=O) groups excluding carboxylic acids is 1. The van der Waals surface area contributed by atoms with Gasteiger partial charge in [-0.1, -0.05) is 0 Å². The van der Waals surface area contributed by atoms with E-state index in [1.807, 2.05) is 10.8 Å². The lowest BCUT2D eigenvalue weighted by atomic mass is 10.0. The number of piperidine rings is 1. The molecule has 0 saturated carbocycles. The highest BCUT2D eigenvalue weighted by atomic mass is 16.3. The lowest BCUT2D eigenvalue weighted by molar-refractivity contribution is 0.0370. The number of aromatic nitrogens is 1. The van der Waals surface area contributed by atoms with E-state index in [2.05, 4.69) is 10.6 Å². The molecule has 0 bridgehead atoms. The zero-order chi connectivity index (χ0) is 15.3. The van der Waals surface area contributed by atoms with Gasteiger partial charge in [0.2, 0.25) is 0 Å². The Morgan fingerprint density at radius 1 is 1.29 bits per heavy atom. The lowest BCUT2D eigenvalue weighted by Gasteiger charge is -2.30. The molecule has 7 nitrogen and oxygen atoms in total. The van der Waals surface area contributed by atoms with Crippen molar-refractivity contribution in [2.75, 3.05) is 32.9 Å². The van der Waals surface area contributed by atoms with E-state index in [1.54, 1.807) is 12.1 Å². The highest BCUT2D eigenvalue weighted by Crippen LogP contribution is 2.21. The Kier molecular flexibility index (Phi) is 5.35. The molecule has 0 spiro atoms. The highest BCUT2D eigenvalue weighted by Gasteiger charge is 2.31. The third-order valence-electron chi connectivity index (χ3n) is 4.00. The molecule has 7 heteroatoms. The van der Waals surface area contributed by atoms with E-state index < -0.39 is 31.3 Å². The predicted molar refractivity (Wildman–Crippen MR) is 77.0 cm³/mol. The summed E-state index contributed by atoms with van der Waals surface area (Å²) >= 11 is 0. The van der Waals surface area contributed by atoms with Crippen molar-refractivity contribution in [1.82, 2.24) is 15.2 Å². The number of aliphatic hydroxyl groups is 3. The van der Waals surface area contributed by atoms with Crippen LogP contribution in [-0.4, -0.2) is 64.2 Å². The number of hydrogen-bond acceptors (Lipinski definition) is 5. The minimum absolute atomic E-state index is 0.258. The second kappa shape index (κ2) is 7.04. The predicted octanol–water partition coefficient (Wildman–Crippen LogP) is -1.14. The van der Waals surface area contributed by atoms with Crippen LogP contribution in [0.2, 0.25) is 0 Å². The van der Waals surface area contributed by atoms with Crippen LogP contribution in [0, 0.1) is 0 Å². The molecule has 1 aliphatic rings. The van der Waals surface area contributed by atoms with E-state index in [0.717, 1.165) is 25.9 Å². The van der Waals surface area contributed by atoms with Crippen LogP contribution < -0.4 is 10.6 Å². The Balaban J connectivity index is 2.14. The van der Waals surface area contributed by atoms with Gasteiger partial charge in [-0.3, -0.25) is 4.79 Å². The number of aliphatic hydroxyl groups excluding tert-OH is 3. The van der Waals surface area contributed by atoms with Gasteiger partial charge in [0.25, 0.3) is 5.91 Å². The highest BCUT2D eigenvalue weighted by molar-refractivity contribution is 5.93. The van der Waals surface area contributed by atoms with Crippen LogP contribution in [0.25, 0.3) is 0 Å². The quantitative estimate of drug-likeness (QED) is 0.456. The molecule has 1 saturated heterocycles. The average Bonchev–Trinajstić information content (AvgIpc) is 3.03. The second-order valence-electron chi connectivity index (χ2n) is 5.49. The number of rotatable bonds is 6. The summed E-state index contributed by atoms with van der Waals surface area (Å²) in [6.07, 6.45) is 3.75. The van der Waals surface area contributed by atoms with E-state index in [-0.39, 0.29) is 6.04 Å². The van der Waals surface area contributed by atoms with Gasteiger partial charge in [0.05, 0.1) is 19.8 Å². The summed E-state index contributed by atoms with van der Waals surface area (Å²) in [5.41, 5.74) is -0.929. The molecule has 0 aromatic carbocycles. The smallest absolute Gasteiger partial charge is 0.268 e. The summed E-state index contributed by atoms with van der Waals surface area (Å²) in [6.45, 7) is 0.245. The van der Waals surface area contributed by atoms with Crippen molar-refractivity contribution in [2.24, 2.45) is 0 Å². The molecule has 118 valence electrons. The molecule has 1 aromatic rings. The van der Waals surface area contributed by atoms with E-state index in [0.29, 0.717) is 5.69 Å². The first-order valence-corrected chi connectivity index (χ1v) is 7.18. The maximum absolute atomic E-state index is 12.4. The number of hydrogen-bond donors (Lipinski definition) is 5. The topological polar surface area (TPSA) is 107 Å². The van der Waals surface area contributed by atoms with Gasteiger partial charge in [-0.2, -0.15) is 0 Å². The van der Waals surface area contributed by atoms with Gasteiger partial charge in [-0.15, -0.1) is 0 Å². The molecule has 1 aromatic heterocycles. The van der Waals surface area contributed by atoms with Crippen LogP contribution in [-0.2, 0) is 0 Å². The molecule has 2 heterocycles. The van der Waals surface area contributed by atoms with Crippen LogP contribution in [0.5, 0.6) is 0 Å². The third kappa shape index (κ3) is 3.44. The van der Waals surface area contributed by atoms with Crippen molar-refractivity contribution in [1.29, 1.82) is 0 Å². The van der Waals surface area contributed by atoms with E-state index in [4.69, 9.17) is 0 Å². The fourth-order valence-electron chi connectivity index (χ4n) is 2.56. The Labute approximate surface area is 123 Å². The summed E-state index contributed by atoms with van der Waals surface area (Å²) in [6, 6.07) is 3.76. The number of nitrogens with zero attached hydrogens (tertiary/aromatic N) is 1. The molecule has 1 amide bonds. The lowest BCUT2D eigenvalue weighted by Crippen LogP contribution is -2.57. The van der Waals surface area contributed by atoms with E-state index >= 15 is 0 Å². The van der Waals surface area contributed by atoms with Gasteiger partial charge >= 0.3 is 0 Å². The molecular weight excluding hydrogens is 274 g/mol. The molecule has 0 unspecified atom stereocenters. The summed E-state index contributed by atoms with van der Waals surface area (Å²) < 4.78 is 1.92. The first-order valence-electron chi connectivity index (χ1n) is 7.18. The summed E-state index contributed by atoms with van der Waals surface area (Å²) in [5.74, 6) is -0.407. The number of amides is 1. The minimum Gasteiger partial charge on any atom is -0.394 e. The van der Waals surface area contributed by atoms with Crippen LogP contribution in [0.3, 0.4) is 0 Å². The summed E-state index contributed by atoms with van der Waals surface area (Å²) in [4.78, 5) is 12.4. The molecule has 0 aliphatic carbocycles. The fraction of sp³-hybridized carbons (Fsp3) is 0.643. The van der Waals surface area contributed by atoms with Gasteiger partial charge in [0.15, 0.2) is 0 Å². The van der Waals surface area contributed by atoms with Gasteiger partial charge < -0.3 is 30.5 Å². The molecular formula is C14H23N3O4. The largest absolute Gasteiger partial charge is 0.394 e. The first kappa shape index (κ1) is 16.0. The zero-order valence-electron chi connectivity index (χ0n) is 12.0. The SMILES string of the molecule is O=C(NC(CO)(CO)CO)c1cccn1C1CCNCC1. The van der Waals surface area contributed by atoms with Gasteiger partial charge in [0, 0.05) is 12.2 Å². The monoisotopic (exact) mass is 297 g/mol. The Bertz CT molecular complexity index is 456. The Hall–Kier alpha value is -1.41. The standard InChI is InChI=1S/C14H23N3O4/c18-8-14(9-19,10-20)16-13(21)12-2-1-7-17(12)11-3-5-15-6-4-11/h1-2,7,11,15,18-20H,3-6,8-10H2,(H,16,21). The molecule has 5 N–H and O–H groups in total. The van der Waals surface area contributed by atoms with Crippen molar-refractivity contribution in [3.63, 3.8) is 0 Å². The third-order valence-corrected chi connectivity index (χ3v) is 4.00. The van der Waals surface area contributed by atoms with Crippen LogP contribution in [0.15, 0.2) is 18.3 Å². The second-order valence-corrected chi connectivity index (χ2v) is 5.49. The van der Waals surface area contributed by atoms with E-state index in [9.17, 15) is 20.1 Å². The van der Waals surface area contributed by atoms with Crippen LogP contribution in [0.4, 0.5) is 0 Å². The van der Waals surface area contributed by atoms with Crippen molar-refractivity contribution < 1.29 is 20.1 Å². The molecule has 21 heavy (non-hydrogen) atoms. The maximum atomic E-state index is 12.4. The van der Waals surface area contributed by atoms with Crippen LogP contribution in [0.1, 0.15) is 29.4 Å². The van der Waals surface area contributed by atoms with Gasteiger partial charge in [-0.05, 0) is 38.1 Å². The molecule has 1 aliphatic heterocycles. The van der Waals surface area contributed by atoms with Gasteiger partial charge in [0.1, 0.15) is 11.2 Å². The maximum Gasteiger partial charge on any atom is 0.268 e. The van der Waals surface area contributed by atoms with E-state index in [1.165, 1.54) is 0 Å². The Morgan fingerprint density at radius 3 is 2.48 bits per heavy atom. The first-order chi connectivity index (χ1) is 10.2. The van der Waals surface area contributed by atoms with Crippen molar-refractivity contribution in [3.05, 3.63) is 24.0 Å². The van der Waals surface area contributed by atoms with Crippen molar-refractivity contribution >= 4 is 5.91 Å². The minimum atomic E-state index is -1.40. The number of carbonyl (C=O) groups is 1. The van der Waals surface area contributed by atoms with Crippen LogP contribution >= 0.6 is 0 Å². The normalized spacial score (nSPS) is 16.9. The summed E-state index contributed by atoms with van der Waals surface area (Å²) in [7, 11) is 0. The molecule has 0 radical (unpaired) electrons. The Morgan fingerprint density at radius 2 is 1.90 bits per heavy atom. The van der Waals surface area contributed by atoms with Crippen molar-refractivity contribution in [3.8, 4) is 0 Å². The molecule has 2 rings (SSSR count). The van der Waals surface area contributed by atoms with Gasteiger partial charge in [-0.25, -0.2) is 0 Å². The summed E-state index contributed by atoms with van der Waals surface area (Å²) in [5, 5.41) is 33.7.